The minimum atomic E-state index is -0.617. The highest BCUT2D eigenvalue weighted by molar-refractivity contribution is 6.05. The Morgan fingerprint density at radius 3 is 1.48 bits per heavy atom. The second-order valence-electron chi connectivity index (χ2n) is 22.1. The standard InChI is InChI=1S/C53H68O10/c1-5-31-15-33-19-42(31)45-13-30(11-39(33)45)24-61-51(56)32-7-8-38(52(57)62-25-36-16-34-20-43(36)46-12-28(9-40(34)46)22-59-49(54)6-2)48(18-32)53(58)63-26-37-17-35-21-44(37)47-14-29(10-41(35)47)23-60-50(55)27(3)4/h6-8,18,28-31,33-37,39-47H,2-3,5,9-17,19-26H2,1,4H3. The van der Waals surface area contributed by atoms with E-state index in [4.69, 9.17) is 23.7 Å². The molecule has 63 heavy (non-hydrogen) atoms. The van der Waals surface area contributed by atoms with Crippen LogP contribution < -0.4 is 0 Å². The first-order chi connectivity index (χ1) is 30.5. The second kappa shape index (κ2) is 17.5. The summed E-state index contributed by atoms with van der Waals surface area (Å²) in [7, 11) is 0. The van der Waals surface area contributed by atoms with E-state index < -0.39 is 17.9 Å². The highest BCUT2D eigenvalue weighted by Crippen LogP contribution is 2.64. The monoisotopic (exact) mass is 864 g/mol. The Hall–Kier alpha value is -3.95. The van der Waals surface area contributed by atoms with Gasteiger partial charge in [-0.3, -0.25) is 0 Å². The summed E-state index contributed by atoms with van der Waals surface area (Å²) >= 11 is 0. The van der Waals surface area contributed by atoms with Crippen LogP contribution in [0.5, 0.6) is 0 Å². The van der Waals surface area contributed by atoms with Gasteiger partial charge in [-0.1, -0.05) is 26.5 Å². The average molecular weight is 865 g/mol. The Bertz CT molecular complexity index is 2000. The Morgan fingerprint density at radius 2 is 0.968 bits per heavy atom. The van der Waals surface area contributed by atoms with E-state index in [1.165, 1.54) is 31.4 Å². The highest BCUT2D eigenvalue weighted by atomic mass is 16.5. The lowest BCUT2D eigenvalue weighted by atomic mass is 9.75. The second-order valence-corrected chi connectivity index (χ2v) is 22.1. The van der Waals surface area contributed by atoms with Crippen LogP contribution in [0.2, 0.25) is 0 Å². The van der Waals surface area contributed by atoms with Crippen molar-refractivity contribution in [2.45, 2.75) is 97.3 Å². The molecular weight excluding hydrogens is 797 g/mol. The largest absolute Gasteiger partial charge is 0.462 e. The van der Waals surface area contributed by atoms with Crippen LogP contribution in [0, 0.1) is 107 Å². The molecule has 9 aliphatic carbocycles. The minimum Gasteiger partial charge on any atom is -0.462 e. The Labute approximate surface area is 373 Å². The summed E-state index contributed by atoms with van der Waals surface area (Å²) in [6.07, 6.45) is 15.9. The van der Waals surface area contributed by atoms with Crippen LogP contribution in [0.4, 0.5) is 0 Å². The molecule has 18 unspecified atom stereocenters. The van der Waals surface area contributed by atoms with Crippen LogP contribution in [0.1, 0.15) is 128 Å². The number of carbonyl (C=O) groups excluding carboxylic acids is 5. The number of carbonyl (C=O) groups is 5. The molecule has 1 aromatic rings. The molecule has 340 valence electrons. The van der Waals surface area contributed by atoms with Crippen LogP contribution in [0.15, 0.2) is 43.0 Å². The predicted octanol–water partition coefficient (Wildman–Crippen LogP) is 9.31. The fraction of sp³-hybridized carbons (Fsp3) is 0.717. The molecule has 6 bridgehead atoms. The number of hydrogen-bond acceptors (Lipinski definition) is 10. The quantitative estimate of drug-likeness (QED) is 0.0900. The Kier molecular flexibility index (Phi) is 11.9. The molecule has 0 spiro atoms. The van der Waals surface area contributed by atoms with Gasteiger partial charge in [-0.05, 0) is 209 Å². The topological polar surface area (TPSA) is 132 Å². The fourth-order valence-corrected chi connectivity index (χ4v) is 16.6. The van der Waals surface area contributed by atoms with E-state index in [1.54, 1.807) is 19.1 Å². The van der Waals surface area contributed by atoms with Crippen molar-refractivity contribution in [1.82, 2.24) is 0 Å². The lowest BCUT2D eigenvalue weighted by molar-refractivity contribution is -0.140. The molecule has 0 amide bonds. The molecule has 0 aliphatic heterocycles. The molecule has 9 aliphatic rings. The van der Waals surface area contributed by atoms with Crippen LogP contribution in [0.25, 0.3) is 0 Å². The molecule has 0 aromatic heterocycles. The first-order valence-electron chi connectivity index (χ1n) is 24.7. The summed E-state index contributed by atoms with van der Waals surface area (Å²) in [6, 6.07) is 4.62. The number of esters is 5. The summed E-state index contributed by atoms with van der Waals surface area (Å²) in [4.78, 5) is 65.6. The van der Waals surface area contributed by atoms with E-state index in [0.717, 1.165) is 93.8 Å². The van der Waals surface area contributed by atoms with Gasteiger partial charge >= 0.3 is 29.8 Å². The molecule has 9 saturated carbocycles. The van der Waals surface area contributed by atoms with Crippen LogP contribution in [-0.4, -0.2) is 62.9 Å². The van der Waals surface area contributed by atoms with E-state index in [-0.39, 0.29) is 53.7 Å². The molecule has 10 rings (SSSR count). The van der Waals surface area contributed by atoms with Gasteiger partial charge in [0, 0.05) is 11.6 Å². The fourth-order valence-electron chi connectivity index (χ4n) is 16.6. The van der Waals surface area contributed by atoms with Gasteiger partial charge in [0.2, 0.25) is 0 Å². The summed E-state index contributed by atoms with van der Waals surface area (Å²) in [5.41, 5.74) is 0.820. The van der Waals surface area contributed by atoms with Crippen molar-refractivity contribution in [2.75, 3.05) is 33.0 Å². The van der Waals surface area contributed by atoms with Gasteiger partial charge in [-0.15, -0.1) is 0 Å². The van der Waals surface area contributed by atoms with Gasteiger partial charge in [-0.25, -0.2) is 24.0 Å². The minimum absolute atomic E-state index is 0.0500. The average Bonchev–Trinajstić information content (AvgIpc) is 4.14. The molecule has 0 heterocycles. The van der Waals surface area contributed by atoms with Gasteiger partial charge in [0.25, 0.3) is 0 Å². The van der Waals surface area contributed by atoms with Gasteiger partial charge in [0.15, 0.2) is 0 Å². The molecule has 18 atom stereocenters. The summed E-state index contributed by atoms with van der Waals surface area (Å²) in [5.74, 6) is 7.54. The van der Waals surface area contributed by atoms with Gasteiger partial charge in [0.1, 0.15) is 0 Å². The molecule has 0 radical (unpaired) electrons. The summed E-state index contributed by atoms with van der Waals surface area (Å²) in [5, 5.41) is 0. The molecule has 10 nitrogen and oxygen atoms in total. The van der Waals surface area contributed by atoms with Crippen LogP contribution >= 0.6 is 0 Å². The number of fused-ring (bicyclic) bond motifs is 15. The molecule has 0 saturated heterocycles. The Balaban J connectivity index is 0.783. The number of benzene rings is 1. The van der Waals surface area contributed by atoms with Crippen LogP contribution in [-0.2, 0) is 33.3 Å². The molecule has 10 heteroatoms. The molecule has 9 fully saturated rings. The van der Waals surface area contributed by atoms with Gasteiger partial charge in [0.05, 0.1) is 49.7 Å². The predicted molar refractivity (Wildman–Crippen MR) is 233 cm³/mol. The lowest BCUT2D eigenvalue weighted by Crippen LogP contribution is -2.29. The maximum absolute atomic E-state index is 14.1. The zero-order valence-electron chi connectivity index (χ0n) is 37.4. The zero-order valence-corrected chi connectivity index (χ0v) is 37.4. The van der Waals surface area contributed by atoms with E-state index in [9.17, 15) is 24.0 Å². The maximum atomic E-state index is 14.1. The van der Waals surface area contributed by atoms with Gasteiger partial charge in [-0.2, -0.15) is 0 Å². The maximum Gasteiger partial charge on any atom is 0.339 e. The Morgan fingerprint density at radius 1 is 0.524 bits per heavy atom. The van der Waals surface area contributed by atoms with E-state index >= 15 is 0 Å². The van der Waals surface area contributed by atoms with Crippen molar-refractivity contribution in [3.63, 3.8) is 0 Å². The third kappa shape index (κ3) is 8.10. The van der Waals surface area contributed by atoms with Crippen molar-refractivity contribution in [2.24, 2.45) is 107 Å². The SMILES string of the molecule is C=CC(=O)OCC1CC2C3CC(COC(=O)c4ccc(C(=O)OCC5CC6C7CC(CC)C(C7)C6C5)cc4C(=O)OCC4CC5CC4C4CC(COC(=O)C(=C)C)CC54)C(C3)C2C1. The lowest BCUT2D eigenvalue weighted by Gasteiger charge is -2.31. The molecule has 0 N–H and O–H groups in total. The zero-order chi connectivity index (χ0) is 43.7. The van der Waals surface area contributed by atoms with Crippen LogP contribution in [0.3, 0.4) is 0 Å². The first kappa shape index (κ1) is 43.0. The van der Waals surface area contributed by atoms with Crippen molar-refractivity contribution >= 4 is 29.8 Å². The van der Waals surface area contributed by atoms with Crippen molar-refractivity contribution in [3.05, 3.63) is 59.7 Å². The third-order valence-electron chi connectivity index (χ3n) is 19.1. The van der Waals surface area contributed by atoms with E-state index in [0.29, 0.717) is 90.5 Å². The van der Waals surface area contributed by atoms with Crippen molar-refractivity contribution in [1.29, 1.82) is 0 Å². The van der Waals surface area contributed by atoms with E-state index in [1.807, 2.05) is 0 Å². The van der Waals surface area contributed by atoms with Crippen molar-refractivity contribution in [3.8, 4) is 0 Å². The van der Waals surface area contributed by atoms with Crippen molar-refractivity contribution < 1.29 is 47.7 Å². The first-order valence-corrected chi connectivity index (χ1v) is 24.7. The highest BCUT2D eigenvalue weighted by Gasteiger charge is 2.58. The normalized spacial score (nSPS) is 40.6. The van der Waals surface area contributed by atoms with E-state index in [2.05, 4.69) is 20.1 Å². The third-order valence-corrected chi connectivity index (χ3v) is 19.1. The van der Waals surface area contributed by atoms with Gasteiger partial charge < -0.3 is 23.7 Å². The number of ether oxygens (including phenoxy) is 5. The smallest absolute Gasteiger partial charge is 0.339 e. The number of rotatable bonds is 16. The molecular formula is C53H68O10. The summed E-state index contributed by atoms with van der Waals surface area (Å²) < 4.78 is 29.1. The molecule has 1 aromatic carbocycles. The summed E-state index contributed by atoms with van der Waals surface area (Å²) in [6.45, 7) is 13.0. The number of hydrogen-bond donors (Lipinski definition) is 0.